The van der Waals surface area contributed by atoms with Crippen LogP contribution in [0.1, 0.15) is 45.1 Å². The van der Waals surface area contributed by atoms with Gasteiger partial charge in [0.2, 0.25) is 0 Å². The molecule has 1 aliphatic heterocycles. The maximum absolute atomic E-state index is 3.85. The lowest BCUT2D eigenvalue weighted by atomic mass is 9.86. The first-order valence-electron chi connectivity index (χ1n) is 8.30. The molecule has 110 valence electrons. The van der Waals surface area contributed by atoms with Crippen molar-refractivity contribution in [2.24, 2.45) is 5.92 Å². The van der Waals surface area contributed by atoms with E-state index in [1.165, 1.54) is 37.8 Å². The normalized spacial score (nSPS) is 26.6. The second-order valence-electron chi connectivity index (χ2n) is 6.62. The highest BCUT2D eigenvalue weighted by Gasteiger charge is 2.43. The number of rotatable bonds is 5. The average molecular weight is 272 g/mol. The van der Waals surface area contributed by atoms with Crippen molar-refractivity contribution in [1.82, 2.24) is 10.2 Å². The van der Waals surface area contributed by atoms with Crippen molar-refractivity contribution in [2.45, 2.75) is 57.7 Å². The van der Waals surface area contributed by atoms with Crippen LogP contribution in [0.15, 0.2) is 30.3 Å². The third kappa shape index (κ3) is 2.77. The molecule has 2 aliphatic rings. The van der Waals surface area contributed by atoms with Crippen LogP contribution in [0.2, 0.25) is 0 Å². The molecule has 20 heavy (non-hydrogen) atoms. The third-order valence-electron chi connectivity index (χ3n) is 5.50. The molecule has 2 heteroatoms. The fourth-order valence-corrected chi connectivity index (χ4v) is 3.73. The van der Waals surface area contributed by atoms with Crippen LogP contribution in [0.4, 0.5) is 0 Å². The standard InChI is InChI=1S/C18H28N2/c1-3-18(4-2)14-19-17(16-10-11-16)13-20(18)12-15-8-6-5-7-9-15/h5-9,16-17,19H,3-4,10-14H2,1-2H3. The molecule has 0 amide bonds. The number of piperazine rings is 1. The second kappa shape index (κ2) is 5.87. The van der Waals surface area contributed by atoms with Gasteiger partial charge in [0.15, 0.2) is 0 Å². The smallest absolute Gasteiger partial charge is 0.0333 e. The van der Waals surface area contributed by atoms with E-state index in [9.17, 15) is 0 Å². The van der Waals surface area contributed by atoms with Crippen LogP contribution in [-0.4, -0.2) is 29.6 Å². The summed E-state index contributed by atoms with van der Waals surface area (Å²) in [6.45, 7) is 8.18. The van der Waals surface area contributed by atoms with Gasteiger partial charge in [0.1, 0.15) is 0 Å². The zero-order valence-electron chi connectivity index (χ0n) is 12.9. The van der Waals surface area contributed by atoms with Crippen LogP contribution in [0.3, 0.4) is 0 Å². The van der Waals surface area contributed by atoms with Gasteiger partial charge in [-0.25, -0.2) is 0 Å². The van der Waals surface area contributed by atoms with Gasteiger partial charge < -0.3 is 5.32 Å². The molecule has 1 N–H and O–H groups in total. The van der Waals surface area contributed by atoms with Crippen LogP contribution in [0.25, 0.3) is 0 Å². The van der Waals surface area contributed by atoms with E-state index in [2.05, 4.69) is 54.4 Å². The number of benzene rings is 1. The Morgan fingerprint density at radius 2 is 1.85 bits per heavy atom. The Labute approximate surface area is 123 Å². The topological polar surface area (TPSA) is 15.3 Å². The van der Waals surface area contributed by atoms with E-state index in [0.29, 0.717) is 5.54 Å². The van der Waals surface area contributed by atoms with Crippen molar-refractivity contribution in [3.63, 3.8) is 0 Å². The highest BCUT2D eigenvalue weighted by molar-refractivity contribution is 5.16. The molecule has 0 radical (unpaired) electrons. The summed E-state index contributed by atoms with van der Waals surface area (Å²) >= 11 is 0. The molecule has 1 aliphatic carbocycles. The van der Waals surface area contributed by atoms with E-state index in [1.807, 2.05) is 0 Å². The van der Waals surface area contributed by atoms with Crippen LogP contribution in [0, 0.1) is 5.92 Å². The number of nitrogens with one attached hydrogen (secondary N) is 1. The Balaban J connectivity index is 1.76. The summed E-state index contributed by atoms with van der Waals surface area (Å²) in [5.74, 6) is 0.944. The minimum Gasteiger partial charge on any atom is -0.311 e. The van der Waals surface area contributed by atoms with Crippen LogP contribution in [-0.2, 0) is 6.54 Å². The van der Waals surface area contributed by atoms with Crippen molar-refractivity contribution in [1.29, 1.82) is 0 Å². The molecule has 1 aromatic carbocycles. The third-order valence-corrected chi connectivity index (χ3v) is 5.50. The molecule has 1 aromatic rings. The fourth-order valence-electron chi connectivity index (χ4n) is 3.73. The maximum atomic E-state index is 3.85. The minimum atomic E-state index is 0.348. The molecule has 0 spiro atoms. The molecule has 1 heterocycles. The highest BCUT2D eigenvalue weighted by Crippen LogP contribution is 2.37. The average Bonchev–Trinajstić information content (AvgIpc) is 3.33. The van der Waals surface area contributed by atoms with Gasteiger partial charge in [0, 0.05) is 31.2 Å². The molecule has 1 saturated heterocycles. The Hall–Kier alpha value is -0.860. The second-order valence-corrected chi connectivity index (χ2v) is 6.62. The van der Waals surface area contributed by atoms with E-state index in [-0.39, 0.29) is 0 Å². The summed E-state index contributed by atoms with van der Waals surface area (Å²) in [6.07, 6.45) is 5.34. The monoisotopic (exact) mass is 272 g/mol. The molecule has 2 fully saturated rings. The van der Waals surface area contributed by atoms with Crippen LogP contribution in [0.5, 0.6) is 0 Å². The molecular formula is C18H28N2. The van der Waals surface area contributed by atoms with Gasteiger partial charge in [-0.2, -0.15) is 0 Å². The van der Waals surface area contributed by atoms with E-state index in [4.69, 9.17) is 0 Å². The van der Waals surface area contributed by atoms with Gasteiger partial charge in [-0.1, -0.05) is 44.2 Å². The first kappa shape index (κ1) is 14.1. The quantitative estimate of drug-likeness (QED) is 0.883. The van der Waals surface area contributed by atoms with Gasteiger partial charge in [-0.15, -0.1) is 0 Å². The zero-order chi connectivity index (χ0) is 14.0. The van der Waals surface area contributed by atoms with Crippen molar-refractivity contribution in [2.75, 3.05) is 13.1 Å². The van der Waals surface area contributed by atoms with Gasteiger partial charge in [0.25, 0.3) is 0 Å². The van der Waals surface area contributed by atoms with Gasteiger partial charge in [-0.05, 0) is 37.2 Å². The van der Waals surface area contributed by atoms with Crippen LogP contribution < -0.4 is 5.32 Å². The number of hydrogen-bond acceptors (Lipinski definition) is 2. The first-order chi connectivity index (χ1) is 9.77. The van der Waals surface area contributed by atoms with Gasteiger partial charge in [-0.3, -0.25) is 4.90 Å². The summed E-state index contributed by atoms with van der Waals surface area (Å²) in [5, 5.41) is 3.85. The van der Waals surface area contributed by atoms with Crippen molar-refractivity contribution >= 4 is 0 Å². The van der Waals surface area contributed by atoms with E-state index < -0.39 is 0 Å². The Morgan fingerprint density at radius 1 is 1.15 bits per heavy atom. The molecule has 1 atom stereocenters. The molecule has 0 aromatic heterocycles. The van der Waals surface area contributed by atoms with Crippen molar-refractivity contribution in [3.05, 3.63) is 35.9 Å². The number of hydrogen-bond donors (Lipinski definition) is 1. The molecule has 1 unspecified atom stereocenters. The summed E-state index contributed by atoms with van der Waals surface area (Å²) in [7, 11) is 0. The Kier molecular flexibility index (Phi) is 4.13. The first-order valence-corrected chi connectivity index (χ1v) is 8.30. The van der Waals surface area contributed by atoms with E-state index in [1.54, 1.807) is 0 Å². The van der Waals surface area contributed by atoms with Gasteiger partial charge in [0.05, 0.1) is 0 Å². The Bertz CT molecular complexity index is 420. The number of nitrogens with zero attached hydrogens (tertiary/aromatic N) is 1. The fraction of sp³-hybridized carbons (Fsp3) is 0.667. The summed E-state index contributed by atoms with van der Waals surface area (Å²) in [6, 6.07) is 11.7. The molecule has 0 bridgehead atoms. The van der Waals surface area contributed by atoms with Crippen LogP contribution >= 0.6 is 0 Å². The summed E-state index contributed by atoms with van der Waals surface area (Å²) in [4.78, 5) is 2.77. The van der Waals surface area contributed by atoms with E-state index in [0.717, 1.165) is 25.0 Å². The van der Waals surface area contributed by atoms with Gasteiger partial charge >= 0.3 is 0 Å². The van der Waals surface area contributed by atoms with Crippen molar-refractivity contribution in [3.8, 4) is 0 Å². The predicted octanol–water partition coefficient (Wildman–Crippen LogP) is 3.43. The summed E-state index contributed by atoms with van der Waals surface area (Å²) < 4.78 is 0. The van der Waals surface area contributed by atoms with Crippen molar-refractivity contribution < 1.29 is 0 Å². The molecule has 1 saturated carbocycles. The largest absolute Gasteiger partial charge is 0.311 e. The highest BCUT2D eigenvalue weighted by atomic mass is 15.3. The zero-order valence-corrected chi connectivity index (χ0v) is 12.9. The molecule has 2 nitrogen and oxygen atoms in total. The SMILES string of the molecule is CCC1(CC)CNC(C2CC2)CN1Cc1ccccc1. The predicted molar refractivity (Wildman–Crippen MR) is 84.7 cm³/mol. The minimum absolute atomic E-state index is 0.348. The maximum Gasteiger partial charge on any atom is 0.0333 e. The lowest BCUT2D eigenvalue weighted by molar-refractivity contribution is 0.0203. The lowest BCUT2D eigenvalue weighted by Crippen LogP contribution is -2.64. The molecular weight excluding hydrogens is 244 g/mol. The van der Waals surface area contributed by atoms with E-state index >= 15 is 0 Å². The lowest BCUT2D eigenvalue weighted by Gasteiger charge is -2.50. The Morgan fingerprint density at radius 3 is 2.45 bits per heavy atom. The summed E-state index contributed by atoms with van der Waals surface area (Å²) in [5.41, 5.74) is 1.80. The molecule has 3 rings (SSSR count).